The van der Waals surface area contributed by atoms with Crippen LogP contribution >= 0.6 is 11.6 Å². The average molecular weight is 277 g/mol. The fourth-order valence-electron chi connectivity index (χ4n) is 1.80. The standard InChI is InChI=1S/C15H17ClN2O/c1-11(19-14-6-2-5-13(16)9-14)15(17)8-12-4-3-7-18-10-12/h2-7,9-11,15H,8,17H2,1H3. The van der Waals surface area contributed by atoms with Gasteiger partial charge in [-0.05, 0) is 43.2 Å². The van der Waals surface area contributed by atoms with E-state index >= 15 is 0 Å². The van der Waals surface area contributed by atoms with Crippen LogP contribution in [0.4, 0.5) is 0 Å². The van der Waals surface area contributed by atoms with Crippen molar-refractivity contribution in [2.24, 2.45) is 5.73 Å². The van der Waals surface area contributed by atoms with Gasteiger partial charge in [-0.3, -0.25) is 4.98 Å². The highest BCUT2D eigenvalue weighted by atomic mass is 35.5. The van der Waals surface area contributed by atoms with Gasteiger partial charge in [-0.2, -0.15) is 0 Å². The number of nitrogens with zero attached hydrogens (tertiary/aromatic N) is 1. The Morgan fingerprint density at radius 2 is 2.16 bits per heavy atom. The number of halogens is 1. The summed E-state index contributed by atoms with van der Waals surface area (Å²) in [6.07, 6.45) is 4.21. The predicted molar refractivity (Wildman–Crippen MR) is 77.5 cm³/mol. The number of hydrogen-bond donors (Lipinski definition) is 1. The van der Waals surface area contributed by atoms with Crippen LogP contribution in [0.1, 0.15) is 12.5 Å². The summed E-state index contributed by atoms with van der Waals surface area (Å²) in [5.41, 5.74) is 7.26. The van der Waals surface area contributed by atoms with Crippen LogP contribution in [0.15, 0.2) is 48.8 Å². The summed E-state index contributed by atoms with van der Waals surface area (Å²) in [6.45, 7) is 1.96. The summed E-state index contributed by atoms with van der Waals surface area (Å²) >= 11 is 5.92. The van der Waals surface area contributed by atoms with Gasteiger partial charge < -0.3 is 10.5 Å². The Morgan fingerprint density at radius 3 is 2.84 bits per heavy atom. The molecule has 19 heavy (non-hydrogen) atoms. The molecule has 3 nitrogen and oxygen atoms in total. The number of aromatic nitrogens is 1. The zero-order valence-electron chi connectivity index (χ0n) is 10.8. The molecule has 1 aromatic carbocycles. The van der Waals surface area contributed by atoms with Crippen molar-refractivity contribution in [2.45, 2.75) is 25.5 Å². The van der Waals surface area contributed by atoms with E-state index in [4.69, 9.17) is 22.1 Å². The Morgan fingerprint density at radius 1 is 1.32 bits per heavy atom. The van der Waals surface area contributed by atoms with Gasteiger partial charge in [-0.1, -0.05) is 23.7 Å². The maximum absolute atomic E-state index is 6.15. The number of ether oxygens (including phenoxy) is 1. The van der Waals surface area contributed by atoms with Gasteiger partial charge in [0.1, 0.15) is 11.9 Å². The minimum atomic E-state index is -0.0985. The van der Waals surface area contributed by atoms with Crippen LogP contribution in [0, 0.1) is 0 Å². The average Bonchev–Trinajstić information content (AvgIpc) is 2.40. The monoisotopic (exact) mass is 276 g/mol. The molecule has 1 heterocycles. The number of pyridine rings is 1. The third-order valence-electron chi connectivity index (χ3n) is 2.92. The van der Waals surface area contributed by atoms with Gasteiger partial charge in [0.15, 0.2) is 0 Å². The van der Waals surface area contributed by atoms with Crippen LogP contribution in [-0.2, 0) is 6.42 Å². The molecule has 0 saturated heterocycles. The van der Waals surface area contributed by atoms with Crippen LogP contribution in [0.25, 0.3) is 0 Å². The lowest BCUT2D eigenvalue weighted by Crippen LogP contribution is -2.38. The molecule has 2 atom stereocenters. The topological polar surface area (TPSA) is 48.1 Å². The molecule has 2 unspecified atom stereocenters. The van der Waals surface area contributed by atoms with Gasteiger partial charge in [0, 0.05) is 23.5 Å². The second kappa shape index (κ2) is 6.55. The maximum Gasteiger partial charge on any atom is 0.121 e. The minimum Gasteiger partial charge on any atom is -0.489 e. The molecular weight excluding hydrogens is 260 g/mol. The first-order valence-electron chi connectivity index (χ1n) is 6.22. The maximum atomic E-state index is 6.15. The lowest BCUT2D eigenvalue weighted by Gasteiger charge is -2.21. The van der Waals surface area contributed by atoms with Crippen LogP contribution < -0.4 is 10.5 Å². The number of rotatable bonds is 5. The van der Waals surface area contributed by atoms with E-state index in [1.54, 1.807) is 12.3 Å². The van der Waals surface area contributed by atoms with Crippen molar-refractivity contribution >= 4 is 11.6 Å². The molecule has 2 aromatic rings. The highest BCUT2D eigenvalue weighted by Crippen LogP contribution is 2.19. The molecule has 4 heteroatoms. The van der Waals surface area contributed by atoms with Gasteiger partial charge in [0.2, 0.25) is 0 Å². The highest BCUT2D eigenvalue weighted by Gasteiger charge is 2.15. The number of hydrogen-bond acceptors (Lipinski definition) is 3. The Balaban J connectivity index is 1.94. The van der Waals surface area contributed by atoms with Gasteiger partial charge >= 0.3 is 0 Å². The SMILES string of the molecule is CC(Oc1cccc(Cl)c1)C(N)Cc1cccnc1. The molecule has 0 radical (unpaired) electrons. The Kier molecular flexibility index (Phi) is 4.77. The van der Waals surface area contributed by atoms with Crippen molar-refractivity contribution in [3.63, 3.8) is 0 Å². The van der Waals surface area contributed by atoms with Crippen LogP contribution in [0.2, 0.25) is 5.02 Å². The number of nitrogens with two attached hydrogens (primary N) is 1. The van der Waals surface area contributed by atoms with Gasteiger partial charge in [0.05, 0.1) is 0 Å². The minimum absolute atomic E-state index is 0.0943. The fourth-order valence-corrected chi connectivity index (χ4v) is 1.98. The van der Waals surface area contributed by atoms with E-state index in [1.165, 1.54) is 0 Å². The molecule has 0 aliphatic carbocycles. The second-order valence-electron chi connectivity index (χ2n) is 4.51. The van der Waals surface area contributed by atoms with Gasteiger partial charge in [0.25, 0.3) is 0 Å². The van der Waals surface area contributed by atoms with Crippen molar-refractivity contribution in [3.8, 4) is 5.75 Å². The molecule has 2 rings (SSSR count). The first-order chi connectivity index (χ1) is 9.15. The zero-order chi connectivity index (χ0) is 13.7. The first kappa shape index (κ1) is 13.8. The molecule has 2 N–H and O–H groups in total. The Bertz CT molecular complexity index is 519. The van der Waals surface area contributed by atoms with Crippen LogP contribution in [-0.4, -0.2) is 17.1 Å². The lowest BCUT2D eigenvalue weighted by molar-refractivity contribution is 0.189. The molecule has 0 saturated carbocycles. The van der Waals surface area contributed by atoms with E-state index in [2.05, 4.69) is 4.98 Å². The largest absolute Gasteiger partial charge is 0.489 e. The predicted octanol–water partition coefficient (Wildman–Crippen LogP) is 3.07. The second-order valence-corrected chi connectivity index (χ2v) is 4.95. The summed E-state index contributed by atoms with van der Waals surface area (Å²) in [5.74, 6) is 0.738. The normalized spacial score (nSPS) is 13.8. The van der Waals surface area contributed by atoms with Gasteiger partial charge in [-0.25, -0.2) is 0 Å². The molecule has 0 aliphatic heterocycles. The van der Waals surface area contributed by atoms with Crippen molar-refractivity contribution in [2.75, 3.05) is 0 Å². The van der Waals surface area contributed by atoms with E-state index in [0.717, 1.165) is 17.7 Å². The number of benzene rings is 1. The molecule has 0 bridgehead atoms. The van der Waals surface area contributed by atoms with E-state index in [-0.39, 0.29) is 12.1 Å². The van der Waals surface area contributed by atoms with E-state index in [9.17, 15) is 0 Å². The molecule has 0 amide bonds. The quantitative estimate of drug-likeness (QED) is 0.913. The van der Waals surface area contributed by atoms with E-state index < -0.39 is 0 Å². The third kappa shape index (κ3) is 4.23. The summed E-state index contributed by atoms with van der Waals surface area (Å²) in [7, 11) is 0. The fraction of sp³-hybridized carbons (Fsp3) is 0.267. The van der Waals surface area contributed by atoms with Crippen molar-refractivity contribution < 1.29 is 4.74 Å². The smallest absolute Gasteiger partial charge is 0.121 e. The summed E-state index contributed by atoms with van der Waals surface area (Å²) in [6, 6.07) is 11.2. The summed E-state index contributed by atoms with van der Waals surface area (Å²) < 4.78 is 5.80. The molecule has 100 valence electrons. The summed E-state index contributed by atoms with van der Waals surface area (Å²) in [5, 5.41) is 0.658. The molecule has 0 spiro atoms. The highest BCUT2D eigenvalue weighted by molar-refractivity contribution is 6.30. The Labute approximate surface area is 118 Å². The molecule has 0 fully saturated rings. The van der Waals surface area contributed by atoms with Gasteiger partial charge in [-0.15, -0.1) is 0 Å². The van der Waals surface area contributed by atoms with Crippen LogP contribution in [0.3, 0.4) is 0 Å². The molecular formula is C15H17ClN2O. The molecule has 0 aliphatic rings. The Hall–Kier alpha value is -1.58. The van der Waals surface area contributed by atoms with E-state index in [1.807, 2.05) is 43.5 Å². The van der Waals surface area contributed by atoms with Crippen molar-refractivity contribution in [3.05, 3.63) is 59.4 Å². The van der Waals surface area contributed by atoms with E-state index in [0.29, 0.717) is 5.02 Å². The molecule has 1 aromatic heterocycles. The summed E-state index contributed by atoms with van der Waals surface area (Å²) in [4.78, 5) is 4.08. The van der Waals surface area contributed by atoms with Crippen molar-refractivity contribution in [1.82, 2.24) is 4.98 Å². The third-order valence-corrected chi connectivity index (χ3v) is 3.15. The zero-order valence-corrected chi connectivity index (χ0v) is 11.5. The van der Waals surface area contributed by atoms with Crippen molar-refractivity contribution in [1.29, 1.82) is 0 Å². The first-order valence-corrected chi connectivity index (χ1v) is 6.59. The lowest BCUT2D eigenvalue weighted by atomic mass is 10.0. The van der Waals surface area contributed by atoms with Crippen LogP contribution in [0.5, 0.6) is 5.75 Å².